The Morgan fingerprint density at radius 3 is 1.15 bits per heavy atom. The van der Waals surface area contributed by atoms with Gasteiger partial charge in [0.05, 0.1) is 17.0 Å². The minimum Gasteiger partial charge on any atom is -0.0622 e. The summed E-state index contributed by atoms with van der Waals surface area (Å²) in [4.78, 5) is 0. The molecule has 2 heteroatoms. The van der Waals surface area contributed by atoms with Crippen LogP contribution < -0.4 is 0 Å². The van der Waals surface area contributed by atoms with E-state index in [9.17, 15) is 0 Å². The second-order valence-corrected chi connectivity index (χ2v) is 12.6. The topological polar surface area (TPSA) is 0 Å². The molecule has 3 fully saturated rings. The fraction of sp³-hybridized carbons (Fsp3) is 0.760. The Morgan fingerprint density at radius 2 is 0.889 bits per heavy atom. The molecule has 0 N–H and O–H groups in total. The van der Waals surface area contributed by atoms with E-state index in [1.807, 2.05) is 18.2 Å². The summed E-state index contributed by atoms with van der Waals surface area (Å²) in [6.45, 7) is 2.08. The largest absolute Gasteiger partial charge is 0.0680 e. The fourth-order valence-corrected chi connectivity index (χ4v) is 11.1. The van der Waals surface area contributed by atoms with E-state index in [0.717, 1.165) is 0 Å². The van der Waals surface area contributed by atoms with Gasteiger partial charge in [0.1, 0.15) is 0 Å². The molecule has 0 nitrogen and oxygen atoms in total. The second kappa shape index (κ2) is 13.4. The van der Waals surface area contributed by atoms with Crippen LogP contribution in [0.4, 0.5) is 0 Å². The minimum absolute atomic E-state index is 0. The molecule has 0 amide bonds. The van der Waals surface area contributed by atoms with Gasteiger partial charge in [-0.3, -0.25) is 0 Å². The van der Waals surface area contributed by atoms with Gasteiger partial charge < -0.3 is 0 Å². The Balaban J connectivity index is 0.000000278. The Bertz CT molecular complexity index is 428. The van der Waals surface area contributed by atoms with Gasteiger partial charge in [-0.15, -0.1) is 0 Å². The molecule has 3 saturated carbocycles. The molecule has 0 saturated heterocycles. The molecular formula is C25H42NiP+. The van der Waals surface area contributed by atoms with E-state index in [2.05, 4.69) is 19.1 Å². The van der Waals surface area contributed by atoms with Gasteiger partial charge >= 0.3 is 0 Å². The average molecular weight is 432 g/mol. The number of benzene rings is 1. The summed E-state index contributed by atoms with van der Waals surface area (Å²) in [5, 5.41) is 0. The Hall–Kier alpha value is 0.144. The quantitative estimate of drug-likeness (QED) is 0.334. The van der Waals surface area contributed by atoms with Crippen LogP contribution in [0.1, 0.15) is 102 Å². The molecule has 0 spiro atoms. The summed E-state index contributed by atoms with van der Waals surface area (Å²) in [7, 11) is -0.0465. The van der Waals surface area contributed by atoms with Crippen LogP contribution in [0.2, 0.25) is 0 Å². The number of hydrogen-bond donors (Lipinski definition) is 0. The van der Waals surface area contributed by atoms with Gasteiger partial charge in [0.25, 0.3) is 0 Å². The van der Waals surface area contributed by atoms with E-state index in [1.54, 1.807) is 96.3 Å². The third-order valence-electron chi connectivity index (χ3n) is 7.17. The van der Waals surface area contributed by atoms with Crippen LogP contribution in [-0.4, -0.2) is 17.0 Å². The summed E-state index contributed by atoms with van der Waals surface area (Å²) in [6, 6.07) is 10.3. The predicted octanol–water partition coefficient (Wildman–Crippen LogP) is 8.19. The smallest absolute Gasteiger partial charge is 0.0622 e. The van der Waals surface area contributed by atoms with Gasteiger partial charge in [-0.25, -0.2) is 0 Å². The second-order valence-electron chi connectivity index (χ2n) is 9.16. The molecule has 27 heavy (non-hydrogen) atoms. The van der Waals surface area contributed by atoms with Gasteiger partial charge in [-0.05, 0) is 84.0 Å². The molecule has 3 aliphatic rings. The normalized spacial score (nSPS) is 22.6. The Kier molecular flexibility index (Phi) is 11.6. The van der Waals surface area contributed by atoms with E-state index >= 15 is 0 Å². The van der Waals surface area contributed by atoms with Crippen LogP contribution in [0.15, 0.2) is 30.3 Å². The van der Waals surface area contributed by atoms with Crippen molar-refractivity contribution in [1.82, 2.24) is 0 Å². The number of hydrogen-bond acceptors (Lipinski definition) is 0. The Morgan fingerprint density at radius 1 is 0.556 bits per heavy atom. The maximum atomic E-state index is 2.08. The molecule has 1 aromatic rings. The molecule has 3 aliphatic carbocycles. The summed E-state index contributed by atoms with van der Waals surface area (Å²) in [5.74, 6) is 0. The zero-order valence-corrected chi connectivity index (χ0v) is 19.5. The number of rotatable bonds is 3. The molecule has 0 radical (unpaired) electrons. The molecule has 0 atom stereocenters. The van der Waals surface area contributed by atoms with E-state index < -0.39 is 0 Å². The van der Waals surface area contributed by atoms with E-state index in [4.69, 9.17) is 0 Å². The van der Waals surface area contributed by atoms with Gasteiger partial charge in [-0.1, -0.05) is 55.2 Å². The molecule has 4 rings (SSSR count). The zero-order valence-electron chi connectivity index (χ0n) is 17.5. The van der Waals surface area contributed by atoms with Crippen LogP contribution in [0.5, 0.6) is 0 Å². The maximum absolute atomic E-state index is 2.08. The van der Waals surface area contributed by atoms with Crippen molar-refractivity contribution in [2.75, 3.05) is 0 Å². The summed E-state index contributed by atoms with van der Waals surface area (Å²) >= 11 is 0. The monoisotopic (exact) mass is 431 g/mol. The SMILES string of the molecule is C1CCC([PH+](C2CCCCC2)C2CCCCC2)CC1.Cc1ccccc1.[Ni]. The molecule has 156 valence electrons. The first-order valence-corrected chi connectivity index (χ1v) is 13.5. The van der Waals surface area contributed by atoms with Gasteiger partial charge in [-0.2, -0.15) is 0 Å². The van der Waals surface area contributed by atoms with E-state index in [0.29, 0.717) is 0 Å². The van der Waals surface area contributed by atoms with Crippen molar-refractivity contribution in [3.63, 3.8) is 0 Å². The first kappa shape index (κ1) is 23.4. The molecule has 0 aromatic heterocycles. The van der Waals surface area contributed by atoms with Gasteiger partial charge in [0.2, 0.25) is 0 Å². The summed E-state index contributed by atoms with van der Waals surface area (Å²) in [5.41, 5.74) is 5.00. The van der Waals surface area contributed by atoms with Gasteiger partial charge in [0.15, 0.2) is 0 Å². The molecular weight excluding hydrogens is 390 g/mol. The van der Waals surface area contributed by atoms with Crippen LogP contribution >= 0.6 is 7.92 Å². The first-order valence-electron chi connectivity index (χ1n) is 11.7. The third kappa shape index (κ3) is 7.82. The van der Waals surface area contributed by atoms with Crippen LogP contribution in [-0.2, 0) is 16.5 Å². The predicted molar refractivity (Wildman–Crippen MR) is 120 cm³/mol. The average Bonchev–Trinajstić information content (AvgIpc) is 2.72. The van der Waals surface area contributed by atoms with Crippen molar-refractivity contribution >= 4 is 7.92 Å². The summed E-state index contributed by atoms with van der Waals surface area (Å²) in [6.07, 6.45) is 23.8. The van der Waals surface area contributed by atoms with Crippen molar-refractivity contribution in [1.29, 1.82) is 0 Å². The van der Waals surface area contributed by atoms with Crippen LogP contribution in [0.25, 0.3) is 0 Å². The van der Waals surface area contributed by atoms with Crippen molar-refractivity contribution < 1.29 is 16.5 Å². The molecule has 0 aliphatic heterocycles. The summed E-state index contributed by atoms with van der Waals surface area (Å²) < 4.78 is 0. The molecule has 0 heterocycles. The van der Waals surface area contributed by atoms with Crippen molar-refractivity contribution in [2.45, 2.75) is 120 Å². The van der Waals surface area contributed by atoms with Crippen molar-refractivity contribution in [3.05, 3.63) is 35.9 Å². The maximum Gasteiger partial charge on any atom is 0.0680 e. The fourth-order valence-electron chi connectivity index (χ4n) is 5.84. The van der Waals surface area contributed by atoms with E-state index in [1.165, 1.54) is 22.5 Å². The van der Waals surface area contributed by atoms with E-state index in [-0.39, 0.29) is 24.4 Å². The molecule has 0 unspecified atom stereocenters. The van der Waals surface area contributed by atoms with Gasteiger partial charge in [0, 0.05) is 24.4 Å². The van der Waals surface area contributed by atoms with Crippen molar-refractivity contribution in [2.24, 2.45) is 0 Å². The van der Waals surface area contributed by atoms with Crippen LogP contribution in [0.3, 0.4) is 0 Å². The zero-order chi connectivity index (χ0) is 18.0. The van der Waals surface area contributed by atoms with Crippen LogP contribution in [0, 0.1) is 6.92 Å². The number of aryl methyl sites for hydroxylation is 1. The Labute approximate surface area is 180 Å². The third-order valence-corrected chi connectivity index (χ3v) is 11.7. The standard InChI is InChI=1S/C18H33P.C7H8.Ni/c1-4-10-16(11-5-1)19(17-12-6-2-7-13-17)18-14-8-3-9-15-18;1-7-5-3-2-4-6-7;/h16-18H,1-15H2;2-6H,1H3;/p+1. The molecule has 0 bridgehead atoms. The first-order chi connectivity index (χ1) is 12.8. The van der Waals surface area contributed by atoms with Crippen molar-refractivity contribution in [3.8, 4) is 0 Å². The minimum atomic E-state index is -0.0465. The molecule has 1 aromatic carbocycles.